The van der Waals surface area contributed by atoms with Crippen LogP contribution in [0.2, 0.25) is 25.1 Å². The Labute approximate surface area is 165 Å². The minimum Gasteiger partial charge on any atom is -0.0819 e. The summed E-state index contributed by atoms with van der Waals surface area (Å²) >= 11 is 31.0. The van der Waals surface area contributed by atoms with E-state index < -0.39 is 0 Å². The molecule has 0 saturated heterocycles. The summed E-state index contributed by atoms with van der Waals surface area (Å²) in [4.78, 5) is 0. The topological polar surface area (TPSA) is 0 Å². The molecule has 3 aromatic rings. The second-order valence-corrected chi connectivity index (χ2v) is 7.19. The molecule has 0 amide bonds. The van der Waals surface area contributed by atoms with Crippen molar-refractivity contribution in [3.05, 3.63) is 90.8 Å². The van der Waals surface area contributed by atoms with E-state index in [0.29, 0.717) is 15.6 Å². The molecule has 0 aliphatic heterocycles. The van der Waals surface area contributed by atoms with Gasteiger partial charge in [0.1, 0.15) is 0 Å². The summed E-state index contributed by atoms with van der Waals surface area (Å²) in [6.07, 6.45) is 0.852. The summed E-state index contributed by atoms with van der Waals surface area (Å²) in [5, 5.41) is 1.17. The van der Waals surface area contributed by atoms with Gasteiger partial charge in [0.15, 0.2) is 0 Å². The third-order valence-corrected chi connectivity index (χ3v) is 5.98. The highest BCUT2D eigenvalue weighted by molar-refractivity contribution is 6.56. The third kappa shape index (κ3) is 3.54. The molecule has 0 bridgehead atoms. The molecule has 0 aromatic heterocycles. The van der Waals surface area contributed by atoms with Gasteiger partial charge in [-0.05, 0) is 23.1 Å². The molecular formula is C19H11Cl5. The van der Waals surface area contributed by atoms with Crippen LogP contribution in [-0.4, -0.2) is 0 Å². The summed E-state index contributed by atoms with van der Waals surface area (Å²) in [5.74, 6) is 0. The van der Waals surface area contributed by atoms with E-state index in [1.54, 1.807) is 0 Å². The van der Waals surface area contributed by atoms with Crippen molar-refractivity contribution < 1.29 is 0 Å². The predicted octanol–water partition coefficient (Wildman–Crippen LogP) is 8.21. The highest BCUT2D eigenvalue weighted by atomic mass is 35.5. The van der Waals surface area contributed by atoms with Gasteiger partial charge >= 0.3 is 0 Å². The third-order valence-electron chi connectivity index (χ3n) is 3.70. The lowest BCUT2D eigenvalue weighted by atomic mass is 10.00. The summed E-state index contributed by atoms with van der Waals surface area (Å²) in [7, 11) is 0. The Morgan fingerprint density at radius 1 is 0.500 bits per heavy atom. The number of rotatable bonds is 3. The zero-order valence-electron chi connectivity index (χ0n) is 12.3. The summed E-state index contributed by atoms with van der Waals surface area (Å²) < 4.78 is 0. The van der Waals surface area contributed by atoms with E-state index in [0.717, 1.165) is 12.0 Å². The van der Waals surface area contributed by atoms with Crippen molar-refractivity contribution >= 4 is 58.0 Å². The van der Waals surface area contributed by atoms with Gasteiger partial charge in [0.25, 0.3) is 0 Å². The molecule has 24 heavy (non-hydrogen) atoms. The molecule has 0 saturated carbocycles. The van der Waals surface area contributed by atoms with Crippen molar-refractivity contribution in [2.24, 2.45) is 0 Å². The summed E-state index contributed by atoms with van der Waals surface area (Å²) in [5.41, 5.74) is 3.86. The first kappa shape index (κ1) is 17.9. The van der Waals surface area contributed by atoms with Crippen molar-refractivity contribution in [2.75, 3.05) is 0 Å². The van der Waals surface area contributed by atoms with E-state index in [2.05, 4.69) is 12.1 Å². The summed E-state index contributed by atoms with van der Waals surface area (Å²) in [6, 6.07) is 18.2. The average molecular weight is 417 g/mol. The zero-order valence-corrected chi connectivity index (χ0v) is 16.1. The van der Waals surface area contributed by atoms with Gasteiger partial charge < -0.3 is 0 Å². The molecule has 0 atom stereocenters. The minimum absolute atomic E-state index is 0.165. The van der Waals surface area contributed by atoms with Gasteiger partial charge in [-0.3, -0.25) is 0 Å². The van der Waals surface area contributed by atoms with Gasteiger partial charge in [-0.15, -0.1) is 0 Å². The van der Waals surface area contributed by atoms with Gasteiger partial charge in [-0.2, -0.15) is 0 Å². The molecule has 0 fully saturated rings. The first-order chi connectivity index (χ1) is 11.5. The molecule has 0 radical (unpaired) electrons. The lowest BCUT2D eigenvalue weighted by Crippen LogP contribution is -1.90. The van der Waals surface area contributed by atoms with Gasteiger partial charge in [-0.1, -0.05) is 113 Å². The molecule has 0 aliphatic rings. The van der Waals surface area contributed by atoms with Crippen molar-refractivity contribution in [1.82, 2.24) is 0 Å². The standard InChI is InChI=1S/C19H11Cl5/c20-15-14(16(21)18(23)19(24)17(15)22)13-8-6-12(7-9-13)10-11-4-2-1-3-5-11/h1-9H,10H2. The number of halogens is 5. The van der Waals surface area contributed by atoms with Gasteiger partial charge in [0.2, 0.25) is 0 Å². The molecule has 3 aromatic carbocycles. The van der Waals surface area contributed by atoms with Crippen LogP contribution in [0.15, 0.2) is 54.6 Å². The zero-order chi connectivity index (χ0) is 17.3. The highest BCUT2D eigenvalue weighted by Gasteiger charge is 2.20. The normalized spacial score (nSPS) is 10.9. The number of hydrogen-bond acceptors (Lipinski definition) is 0. The maximum Gasteiger partial charge on any atom is 0.0809 e. The lowest BCUT2D eigenvalue weighted by Gasteiger charge is -2.13. The van der Waals surface area contributed by atoms with E-state index in [1.807, 2.05) is 42.5 Å². The maximum atomic E-state index is 6.32. The van der Waals surface area contributed by atoms with E-state index in [4.69, 9.17) is 58.0 Å². The maximum absolute atomic E-state index is 6.32. The minimum atomic E-state index is 0.165. The van der Waals surface area contributed by atoms with Gasteiger partial charge in [0.05, 0.1) is 25.1 Å². The average Bonchev–Trinajstić information content (AvgIpc) is 2.61. The molecule has 0 heterocycles. The predicted molar refractivity (Wildman–Crippen MR) is 106 cm³/mol. The van der Waals surface area contributed by atoms with E-state index in [9.17, 15) is 0 Å². The van der Waals surface area contributed by atoms with E-state index >= 15 is 0 Å². The molecule has 3 rings (SSSR count). The Kier molecular flexibility index (Phi) is 5.64. The second-order valence-electron chi connectivity index (χ2n) is 5.30. The molecule has 0 spiro atoms. The van der Waals surface area contributed by atoms with Crippen molar-refractivity contribution in [3.8, 4) is 11.1 Å². The number of benzene rings is 3. The van der Waals surface area contributed by atoms with Gasteiger partial charge in [0, 0.05) is 5.56 Å². The molecule has 122 valence electrons. The van der Waals surface area contributed by atoms with Crippen LogP contribution < -0.4 is 0 Å². The van der Waals surface area contributed by atoms with Crippen LogP contribution in [0.3, 0.4) is 0 Å². The highest BCUT2D eigenvalue weighted by Crippen LogP contribution is 2.48. The first-order valence-corrected chi connectivity index (χ1v) is 9.02. The Morgan fingerprint density at radius 2 is 0.958 bits per heavy atom. The molecular weight excluding hydrogens is 405 g/mol. The monoisotopic (exact) mass is 414 g/mol. The van der Waals surface area contributed by atoms with Crippen LogP contribution in [0, 0.1) is 0 Å². The quantitative estimate of drug-likeness (QED) is 0.298. The SMILES string of the molecule is Clc1c(Cl)c(Cl)c(-c2ccc(Cc3ccccc3)cc2)c(Cl)c1Cl. The molecule has 0 unspecified atom stereocenters. The smallest absolute Gasteiger partial charge is 0.0809 e. The molecule has 0 N–H and O–H groups in total. The van der Waals surface area contributed by atoms with Crippen molar-refractivity contribution in [2.45, 2.75) is 6.42 Å². The fraction of sp³-hybridized carbons (Fsp3) is 0.0526. The van der Waals surface area contributed by atoms with Crippen LogP contribution in [0.4, 0.5) is 0 Å². The Morgan fingerprint density at radius 3 is 1.50 bits per heavy atom. The Hall–Kier alpha value is -0.890. The first-order valence-electron chi connectivity index (χ1n) is 7.13. The largest absolute Gasteiger partial charge is 0.0819 e. The Balaban J connectivity index is 1.97. The van der Waals surface area contributed by atoms with Crippen LogP contribution in [0.1, 0.15) is 11.1 Å². The van der Waals surface area contributed by atoms with Crippen LogP contribution in [0.5, 0.6) is 0 Å². The molecule has 0 nitrogen and oxygen atoms in total. The molecule has 5 heteroatoms. The summed E-state index contributed by atoms with van der Waals surface area (Å²) in [6.45, 7) is 0. The van der Waals surface area contributed by atoms with Crippen LogP contribution in [-0.2, 0) is 6.42 Å². The van der Waals surface area contributed by atoms with Crippen molar-refractivity contribution in [3.63, 3.8) is 0 Å². The second kappa shape index (κ2) is 7.56. The molecule has 0 aliphatic carbocycles. The fourth-order valence-corrected chi connectivity index (χ4v) is 3.84. The van der Waals surface area contributed by atoms with E-state index in [1.165, 1.54) is 11.1 Å². The fourth-order valence-electron chi connectivity index (χ4n) is 2.48. The Bertz CT molecular complexity index is 842. The van der Waals surface area contributed by atoms with Crippen molar-refractivity contribution in [1.29, 1.82) is 0 Å². The lowest BCUT2D eigenvalue weighted by molar-refractivity contribution is 1.19. The van der Waals surface area contributed by atoms with Gasteiger partial charge in [-0.25, -0.2) is 0 Å². The number of hydrogen-bond donors (Lipinski definition) is 0. The van der Waals surface area contributed by atoms with E-state index in [-0.39, 0.29) is 15.1 Å². The van der Waals surface area contributed by atoms with Crippen LogP contribution in [0.25, 0.3) is 11.1 Å². The van der Waals surface area contributed by atoms with Crippen LogP contribution >= 0.6 is 58.0 Å².